The first kappa shape index (κ1) is 27.3. The van der Waals surface area contributed by atoms with Gasteiger partial charge in [-0.15, -0.1) is 35.5 Å². The summed E-state index contributed by atoms with van der Waals surface area (Å²) in [5.74, 6) is -2.26. The molecule has 0 radical (unpaired) electrons. The molecule has 2 atom stereocenters. The summed E-state index contributed by atoms with van der Waals surface area (Å²) in [7, 11) is 1.26. The smallest absolute Gasteiger partial charge is 0.352 e. The molecule has 6 N–H and O–H groups in total. The van der Waals surface area contributed by atoms with Gasteiger partial charge in [-0.25, -0.2) is 9.78 Å². The van der Waals surface area contributed by atoms with Crippen LogP contribution in [-0.4, -0.2) is 83.8 Å². The number of thiazole rings is 1. The van der Waals surface area contributed by atoms with E-state index in [9.17, 15) is 24.6 Å². The Morgan fingerprint density at radius 2 is 2.19 bits per heavy atom. The molecule has 0 saturated carbocycles. The van der Waals surface area contributed by atoms with Crippen LogP contribution in [0.2, 0.25) is 0 Å². The topological polar surface area (TPSA) is 201 Å². The van der Waals surface area contributed by atoms with Crippen molar-refractivity contribution in [2.24, 2.45) is 5.16 Å². The van der Waals surface area contributed by atoms with Gasteiger partial charge in [0.25, 0.3) is 11.8 Å². The number of aliphatic carboxylic acids is 1. The number of fused-ring (bicyclic) bond motifs is 1. The average Bonchev–Trinajstić information content (AvgIpc) is 3.41. The second kappa shape index (κ2) is 11.2. The molecule has 0 aromatic carbocycles. The number of nitrogens with zero attached hydrogens (tertiary/aromatic N) is 5. The minimum Gasteiger partial charge on any atom is -0.477 e. The molecule has 194 valence electrons. The maximum absolute atomic E-state index is 13.0. The molecule has 2 amide bonds. The predicted octanol–water partition coefficient (Wildman–Crippen LogP) is -0.989. The zero-order chi connectivity index (χ0) is 25.3. The number of hydrogen-bond donors (Lipinski definition) is 5. The average molecular weight is 559 g/mol. The first-order valence-electron chi connectivity index (χ1n) is 10.2. The van der Waals surface area contributed by atoms with Gasteiger partial charge in [-0.05, 0) is 11.6 Å². The van der Waals surface area contributed by atoms with Gasteiger partial charge in [0.15, 0.2) is 10.8 Å². The third kappa shape index (κ3) is 4.97. The molecule has 4 rings (SSSR count). The maximum Gasteiger partial charge on any atom is 0.352 e. The van der Waals surface area contributed by atoms with Crippen molar-refractivity contribution in [3.63, 3.8) is 0 Å². The zero-order valence-corrected chi connectivity index (χ0v) is 21.2. The number of amides is 2. The number of carboxylic acids is 1. The van der Waals surface area contributed by atoms with E-state index in [4.69, 9.17) is 16.0 Å². The lowest BCUT2D eigenvalue weighted by molar-refractivity contribution is -0.150. The summed E-state index contributed by atoms with van der Waals surface area (Å²) in [5.41, 5.74) is 6.14. The molecule has 17 heteroatoms. The van der Waals surface area contributed by atoms with Crippen LogP contribution in [0.4, 0.5) is 5.13 Å². The highest BCUT2D eigenvalue weighted by Gasteiger charge is 2.54. The van der Waals surface area contributed by atoms with Crippen molar-refractivity contribution in [3.8, 4) is 0 Å². The Bertz CT molecular complexity index is 1300. The first-order valence-corrected chi connectivity index (χ1v) is 12.1. The number of aromatic nitrogens is 3. The van der Waals surface area contributed by atoms with E-state index >= 15 is 0 Å². The van der Waals surface area contributed by atoms with Crippen molar-refractivity contribution in [1.29, 1.82) is 5.41 Å². The zero-order valence-electron chi connectivity index (χ0n) is 18.8. The van der Waals surface area contributed by atoms with Gasteiger partial charge in [0.2, 0.25) is 0 Å². The van der Waals surface area contributed by atoms with Crippen LogP contribution in [0.25, 0.3) is 0 Å². The third-order valence-corrected chi connectivity index (χ3v) is 7.37. The standard InChI is InChI=1S/C19H22N8O6S2.ClH/c1-33-24-12(10-8-35-19(21)22-10)15(29)23-13-16(30)27-14(18(31)32)9(7-34-17(13)27)6-25-3-2-11(20)26(25)4-5-28;/h2-3,8,13,17,20,28H,4-7H2,1H3,(H2,21,22)(H,23,29)(H,31,32);1H/b20-11?,24-12-;/t13-,17-;/m1./s1. The van der Waals surface area contributed by atoms with E-state index in [0.29, 0.717) is 5.57 Å². The molecular weight excluding hydrogens is 536 g/mol. The summed E-state index contributed by atoms with van der Waals surface area (Å²) in [5, 5.41) is 34.5. The predicted molar refractivity (Wildman–Crippen MR) is 132 cm³/mol. The Balaban J connectivity index is 0.00000361. The molecule has 4 heterocycles. The van der Waals surface area contributed by atoms with Gasteiger partial charge in [0, 0.05) is 17.3 Å². The summed E-state index contributed by atoms with van der Waals surface area (Å²) in [6, 6.07) is 0.567. The molecule has 2 aromatic heterocycles. The van der Waals surface area contributed by atoms with Crippen molar-refractivity contribution < 1.29 is 29.4 Å². The molecule has 2 aromatic rings. The lowest BCUT2D eigenvalue weighted by Gasteiger charge is -2.49. The van der Waals surface area contributed by atoms with Crippen LogP contribution in [0.3, 0.4) is 0 Å². The summed E-state index contributed by atoms with van der Waals surface area (Å²) in [6.07, 6.45) is 1.62. The maximum atomic E-state index is 13.0. The van der Waals surface area contributed by atoms with E-state index in [1.807, 2.05) is 0 Å². The Kier molecular flexibility index (Phi) is 8.44. The van der Waals surface area contributed by atoms with Gasteiger partial charge in [-0.3, -0.25) is 29.3 Å². The quantitative estimate of drug-likeness (QED) is 0.145. The fourth-order valence-corrected chi connectivity index (χ4v) is 5.73. The highest BCUT2D eigenvalue weighted by Crippen LogP contribution is 2.40. The number of nitrogen functional groups attached to an aromatic ring is 1. The van der Waals surface area contributed by atoms with Crippen molar-refractivity contribution in [2.75, 3.05) is 25.2 Å². The molecule has 2 aliphatic rings. The molecule has 14 nitrogen and oxygen atoms in total. The number of rotatable bonds is 9. The lowest BCUT2D eigenvalue weighted by atomic mass is 10.0. The fraction of sp³-hybridized carbons (Fsp3) is 0.368. The van der Waals surface area contributed by atoms with E-state index in [0.717, 1.165) is 16.2 Å². The summed E-state index contributed by atoms with van der Waals surface area (Å²) >= 11 is 2.43. The van der Waals surface area contributed by atoms with Gasteiger partial charge in [-0.2, -0.15) is 0 Å². The molecule has 36 heavy (non-hydrogen) atoms. The molecule has 0 unspecified atom stereocenters. The Hall–Kier alpha value is -3.34. The minimum absolute atomic E-state index is 0. The lowest BCUT2D eigenvalue weighted by Crippen LogP contribution is -2.71. The number of oxime groups is 1. The van der Waals surface area contributed by atoms with Crippen LogP contribution in [0.1, 0.15) is 5.69 Å². The van der Waals surface area contributed by atoms with Crippen LogP contribution in [0, 0.1) is 5.41 Å². The largest absolute Gasteiger partial charge is 0.477 e. The van der Waals surface area contributed by atoms with Gasteiger partial charge >= 0.3 is 5.97 Å². The van der Waals surface area contributed by atoms with Crippen LogP contribution in [0.15, 0.2) is 34.1 Å². The first-order chi connectivity index (χ1) is 16.8. The number of carboxylic acid groups (broad SMARTS) is 1. The van der Waals surface area contributed by atoms with Crippen molar-refractivity contribution >= 4 is 64.1 Å². The number of carbonyl (C=O) groups is 3. The number of halogens is 1. The molecule has 0 aliphatic carbocycles. The summed E-state index contributed by atoms with van der Waals surface area (Å²) < 4.78 is 3.13. The van der Waals surface area contributed by atoms with E-state index in [1.54, 1.807) is 10.9 Å². The van der Waals surface area contributed by atoms with Crippen molar-refractivity contribution in [3.05, 3.63) is 40.1 Å². The van der Waals surface area contributed by atoms with Crippen molar-refractivity contribution in [1.82, 2.24) is 24.6 Å². The number of β-lactam (4-membered cyclic amide) rings is 1. The summed E-state index contributed by atoms with van der Waals surface area (Å²) in [4.78, 5) is 47.8. The Morgan fingerprint density at radius 3 is 2.81 bits per heavy atom. The fourth-order valence-electron chi connectivity index (χ4n) is 3.85. The van der Waals surface area contributed by atoms with E-state index in [1.165, 1.54) is 35.0 Å². The van der Waals surface area contributed by atoms with Crippen LogP contribution in [-0.2, 0) is 32.3 Å². The van der Waals surface area contributed by atoms with Crippen LogP contribution >= 0.6 is 35.5 Å². The number of nitrogens with two attached hydrogens (primary N) is 1. The highest BCUT2D eigenvalue weighted by atomic mass is 35.5. The van der Waals surface area contributed by atoms with Gasteiger partial charge < -0.3 is 26.1 Å². The van der Waals surface area contributed by atoms with Crippen LogP contribution < -0.4 is 16.5 Å². The number of nitrogens with one attached hydrogen (secondary N) is 2. The SMILES string of the molecule is CO/N=C(\C(=O)N[C@@H]1C(=O)N2C(C(=O)O)=C(Cn3ccc(=N)n3CCO)CS[C@H]12)c1csc(N)n1.Cl. The van der Waals surface area contributed by atoms with E-state index < -0.39 is 29.2 Å². The van der Waals surface area contributed by atoms with Gasteiger partial charge in [0.1, 0.15) is 35.4 Å². The monoisotopic (exact) mass is 558 g/mol. The Morgan fingerprint density at radius 1 is 1.44 bits per heavy atom. The second-order valence-corrected chi connectivity index (χ2v) is 9.45. The molecule has 1 fully saturated rings. The molecule has 0 spiro atoms. The Labute approximate surface area is 218 Å². The molecular formula is C19H23ClN8O6S2. The highest BCUT2D eigenvalue weighted by molar-refractivity contribution is 8.00. The summed E-state index contributed by atoms with van der Waals surface area (Å²) in [6.45, 7) is 0.108. The molecule has 1 saturated heterocycles. The molecule has 0 bridgehead atoms. The van der Waals surface area contributed by atoms with E-state index in [2.05, 4.69) is 15.5 Å². The van der Waals surface area contributed by atoms with Crippen molar-refractivity contribution in [2.45, 2.75) is 24.5 Å². The second-order valence-electron chi connectivity index (χ2n) is 7.46. The van der Waals surface area contributed by atoms with E-state index in [-0.39, 0.29) is 65.6 Å². The van der Waals surface area contributed by atoms with Crippen LogP contribution in [0.5, 0.6) is 0 Å². The number of carbonyl (C=O) groups excluding carboxylic acids is 2. The number of aliphatic hydroxyl groups is 1. The minimum atomic E-state index is -1.27. The van der Waals surface area contributed by atoms with Gasteiger partial charge in [0.05, 0.1) is 19.7 Å². The molecule has 2 aliphatic heterocycles. The number of hydrogen-bond acceptors (Lipinski definition) is 11. The number of aliphatic hydroxyl groups excluding tert-OH is 1. The van der Waals surface area contributed by atoms with Gasteiger partial charge in [-0.1, -0.05) is 5.16 Å². The number of anilines is 1. The normalized spacial score (nSPS) is 19.3. The third-order valence-electron chi connectivity index (χ3n) is 5.36. The number of thioether (sulfide) groups is 1.